The second kappa shape index (κ2) is 5.81. The summed E-state index contributed by atoms with van der Waals surface area (Å²) in [4.78, 5) is 0.0805. The first kappa shape index (κ1) is 15.8. The fourth-order valence-corrected chi connectivity index (χ4v) is 2.14. The van der Waals surface area contributed by atoms with E-state index < -0.39 is 29.1 Å². The van der Waals surface area contributed by atoms with Gasteiger partial charge in [0.05, 0.1) is 11.4 Å². The second-order valence-electron chi connectivity index (χ2n) is 4.18. The molecule has 0 atom stereocenters. The number of aliphatic hydroxyl groups excluding tert-OH is 1. The van der Waals surface area contributed by atoms with E-state index in [1.54, 1.807) is 0 Å². The van der Waals surface area contributed by atoms with Crippen molar-refractivity contribution < 1.29 is 22.3 Å². The van der Waals surface area contributed by atoms with Gasteiger partial charge in [0.2, 0.25) is 10.0 Å². The van der Waals surface area contributed by atoms with Crippen LogP contribution >= 0.6 is 0 Å². The molecule has 1 aromatic rings. The Morgan fingerprint density at radius 2 is 1.79 bits per heavy atom. The van der Waals surface area contributed by atoms with E-state index >= 15 is 0 Å². The van der Waals surface area contributed by atoms with E-state index in [0.717, 1.165) is 4.31 Å². The van der Waals surface area contributed by atoms with Gasteiger partial charge >= 0.3 is 0 Å². The van der Waals surface area contributed by atoms with E-state index in [4.69, 9.17) is 5.11 Å². The van der Waals surface area contributed by atoms with E-state index in [2.05, 4.69) is 5.32 Å². The third-order valence-electron chi connectivity index (χ3n) is 2.42. The van der Waals surface area contributed by atoms with Gasteiger partial charge in [-0.15, -0.1) is 0 Å². The van der Waals surface area contributed by atoms with Crippen LogP contribution in [0.2, 0.25) is 0 Å². The average Bonchev–Trinajstić information content (AvgIpc) is 2.37. The van der Waals surface area contributed by atoms with Crippen LogP contribution < -0.4 is 5.32 Å². The maximum absolute atomic E-state index is 12.8. The normalized spacial score (nSPS) is 12.7. The molecule has 5 nitrogen and oxygen atoms in total. The van der Waals surface area contributed by atoms with Gasteiger partial charge < -0.3 is 10.4 Å². The van der Waals surface area contributed by atoms with Gasteiger partial charge in [-0.1, -0.05) is 0 Å². The van der Waals surface area contributed by atoms with Gasteiger partial charge in [0.15, 0.2) is 0 Å². The zero-order valence-corrected chi connectivity index (χ0v) is 11.4. The summed E-state index contributed by atoms with van der Waals surface area (Å²) in [5.41, 5.74) is 0.353. The van der Waals surface area contributed by atoms with Gasteiger partial charge in [0.25, 0.3) is 5.92 Å². The number of sulfonamides is 1. The molecule has 0 aromatic heterocycles. The van der Waals surface area contributed by atoms with Gasteiger partial charge in [-0.25, -0.2) is 21.5 Å². The molecule has 0 bridgehead atoms. The molecule has 1 rings (SSSR count). The van der Waals surface area contributed by atoms with Crippen LogP contribution in [-0.2, 0) is 10.0 Å². The summed E-state index contributed by atoms with van der Waals surface area (Å²) >= 11 is 0. The zero-order valence-electron chi connectivity index (χ0n) is 10.6. The largest absolute Gasteiger partial charge is 0.390 e. The van der Waals surface area contributed by atoms with E-state index in [1.807, 2.05) is 0 Å². The number of nitrogens with one attached hydrogen (secondary N) is 1. The zero-order chi connectivity index (χ0) is 14.7. The first-order valence-corrected chi connectivity index (χ1v) is 6.88. The Labute approximate surface area is 110 Å². The Morgan fingerprint density at radius 3 is 2.21 bits per heavy atom. The highest BCUT2D eigenvalue weighted by atomic mass is 32.2. The second-order valence-corrected chi connectivity index (χ2v) is 6.33. The average molecular weight is 294 g/mol. The maximum atomic E-state index is 12.8. The number of halogens is 2. The molecule has 1 aromatic carbocycles. The predicted octanol–water partition coefficient (Wildman–Crippen LogP) is 0.976. The molecule has 8 heteroatoms. The molecule has 0 fully saturated rings. The van der Waals surface area contributed by atoms with Gasteiger partial charge in [-0.2, -0.15) is 0 Å². The van der Waals surface area contributed by atoms with Crippen molar-refractivity contribution in [1.29, 1.82) is 0 Å². The molecule has 19 heavy (non-hydrogen) atoms. The first-order valence-electron chi connectivity index (χ1n) is 5.44. The van der Waals surface area contributed by atoms with E-state index in [1.165, 1.54) is 38.4 Å². The molecule has 0 spiro atoms. The molecule has 0 radical (unpaired) electrons. The minimum absolute atomic E-state index is 0.0805. The lowest BCUT2D eigenvalue weighted by Gasteiger charge is -2.15. The number of anilines is 1. The minimum atomic E-state index is -3.52. The van der Waals surface area contributed by atoms with Crippen LogP contribution in [-0.4, -0.2) is 51.0 Å². The quantitative estimate of drug-likeness (QED) is 0.820. The number of nitrogens with zero attached hydrogens (tertiary/aromatic N) is 1. The van der Waals surface area contributed by atoms with Crippen LogP contribution in [0.4, 0.5) is 14.5 Å². The van der Waals surface area contributed by atoms with Crippen LogP contribution in [0.1, 0.15) is 0 Å². The van der Waals surface area contributed by atoms with Crippen LogP contribution in [0.15, 0.2) is 29.2 Å². The van der Waals surface area contributed by atoms with Gasteiger partial charge in [0.1, 0.15) is 6.61 Å². The summed E-state index contributed by atoms with van der Waals surface area (Å²) < 4.78 is 50.2. The smallest absolute Gasteiger partial charge is 0.287 e. The highest BCUT2D eigenvalue weighted by Gasteiger charge is 2.27. The van der Waals surface area contributed by atoms with Crippen molar-refractivity contribution in [2.24, 2.45) is 0 Å². The molecule has 0 saturated heterocycles. The fourth-order valence-electron chi connectivity index (χ4n) is 1.24. The van der Waals surface area contributed by atoms with E-state index in [0.29, 0.717) is 5.69 Å². The molecular weight excluding hydrogens is 278 g/mol. The Balaban J connectivity index is 2.78. The lowest BCUT2D eigenvalue weighted by molar-refractivity contribution is -0.0372. The molecule has 0 amide bonds. The number of rotatable bonds is 6. The van der Waals surface area contributed by atoms with Gasteiger partial charge in [-0.05, 0) is 24.3 Å². The summed E-state index contributed by atoms with van der Waals surface area (Å²) in [7, 11) is -0.712. The van der Waals surface area contributed by atoms with Crippen molar-refractivity contribution in [3.63, 3.8) is 0 Å². The van der Waals surface area contributed by atoms with E-state index in [-0.39, 0.29) is 4.90 Å². The Morgan fingerprint density at radius 1 is 1.26 bits per heavy atom. The first-order chi connectivity index (χ1) is 8.69. The molecule has 0 heterocycles. The lowest BCUT2D eigenvalue weighted by atomic mass is 10.3. The number of aliphatic hydroxyl groups is 1. The van der Waals surface area contributed by atoms with Gasteiger partial charge in [-0.3, -0.25) is 0 Å². The van der Waals surface area contributed by atoms with Gasteiger partial charge in [0, 0.05) is 19.8 Å². The van der Waals surface area contributed by atoms with Crippen LogP contribution in [0.25, 0.3) is 0 Å². The van der Waals surface area contributed by atoms with Crippen molar-refractivity contribution in [2.75, 3.05) is 32.6 Å². The van der Waals surface area contributed by atoms with Crippen LogP contribution in [0.5, 0.6) is 0 Å². The molecule has 0 aliphatic heterocycles. The summed E-state index contributed by atoms with van der Waals surface area (Å²) in [5, 5.41) is 10.8. The Kier molecular flexibility index (Phi) is 4.83. The third kappa shape index (κ3) is 4.12. The summed E-state index contributed by atoms with van der Waals surface area (Å²) in [5.74, 6) is -3.21. The summed E-state index contributed by atoms with van der Waals surface area (Å²) in [6.45, 7) is -1.96. The topological polar surface area (TPSA) is 69.6 Å². The highest BCUT2D eigenvalue weighted by Crippen LogP contribution is 2.18. The number of alkyl halides is 2. The summed E-state index contributed by atoms with van der Waals surface area (Å²) in [6.07, 6.45) is 0. The fraction of sp³-hybridized carbons (Fsp3) is 0.455. The van der Waals surface area contributed by atoms with Crippen molar-refractivity contribution in [2.45, 2.75) is 10.8 Å². The van der Waals surface area contributed by atoms with Crippen LogP contribution in [0.3, 0.4) is 0 Å². The molecule has 0 aliphatic carbocycles. The monoisotopic (exact) mass is 294 g/mol. The molecule has 2 N–H and O–H groups in total. The number of hydrogen-bond acceptors (Lipinski definition) is 4. The van der Waals surface area contributed by atoms with E-state index in [9.17, 15) is 17.2 Å². The molecule has 0 aliphatic rings. The van der Waals surface area contributed by atoms with Crippen molar-refractivity contribution >= 4 is 15.7 Å². The number of benzene rings is 1. The van der Waals surface area contributed by atoms with Crippen molar-refractivity contribution in [3.05, 3.63) is 24.3 Å². The lowest BCUT2D eigenvalue weighted by Crippen LogP contribution is -2.31. The maximum Gasteiger partial charge on any atom is 0.287 e. The highest BCUT2D eigenvalue weighted by molar-refractivity contribution is 7.89. The third-order valence-corrected chi connectivity index (χ3v) is 4.24. The van der Waals surface area contributed by atoms with Crippen molar-refractivity contribution in [3.8, 4) is 0 Å². The standard InChI is InChI=1S/C11H16F2N2O3S/c1-15(2)19(17,18)10-5-3-9(4-6-10)14-7-11(12,13)8-16/h3-6,14,16H,7-8H2,1-2H3. The molecule has 0 unspecified atom stereocenters. The number of hydrogen-bond donors (Lipinski definition) is 2. The molecular formula is C11H16F2N2O3S. The molecule has 108 valence electrons. The Bertz CT molecular complexity index is 515. The SMILES string of the molecule is CN(C)S(=O)(=O)c1ccc(NCC(F)(F)CO)cc1. The molecule has 0 saturated carbocycles. The summed E-state index contributed by atoms with van der Waals surface area (Å²) in [6, 6.07) is 5.44. The Hall–Kier alpha value is -1.25. The van der Waals surface area contributed by atoms with Crippen LogP contribution in [0, 0.1) is 0 Å². The predicted molar refractivity (Wildman–Crippen MR) is 67.8 cm³/mol. The van der Waals surface area contributed by atoms with Crippen molar-refractivity contribution in [1.82, 2.24) is 4.31 Å². The minimum Gasteiger partial charge on any atom is -0.390 e.